The summed E-state index contributed by atoms with van der Waals surface area (Å²) in [6, 6.07) is 0. The van der Waals surface area contributed by atoms with E-state index in [-0.39, 0.29) is 6.23 Å². The van der Waals surface area contributed by atoms with E-state index in [4.69, 9.17) is 4.74 Å². The number of rotatable bonds is 5. The number of epoxide rings is 1. The average Bonchev–Trinajstić information content (AvgIpc) is 2.60. The Hall–Kier alpha value is 0.530. The van der Waals surface area contributed by atoms with Crippen LogP contribution in [-0.4, -0.2) is 47.3 Å². The van der Waals surface area contributed by atoms with Gasteiger partial charge in [0, 0.05) is 6.54 Å². The molecule has 0 aromatic carbocycles. The van der Waals surface area contributed by atoms with E-state index >= 15 is 0 Å². The largest absolute Gasteiger partial charge is 0.354 e. The van der Waals surface area contributed by atoms with Crippen LogP contribution in [0, 0.1) is 0 Å². The molecule has 5 nitrogen and oxygen atoms in total. The molecule has 0 spiro atoms. The fourth-order valence-corrected chi connectivity index (χ4v) is 1.58. The maximum Gasteiger partial charge on any atom is 0.262 e. The third-order valence-corrected chi connectivity index (χ3v) is 2.36. The van der Waals surface area contributed by atoms with Gasteiger partial charge in [0.05, 0.1) is 13.7 Å². The van der Waals surface area contributed by atoms with Gasteiger partial charge in [-0.15, -0.1) is 0 Å². The number of nitrogens with zero attached hydrogens (tertiary/aromatic N) is 1. The van der Waals surface area contributed by atoms with E-state index in [1.54, 1.807) is 0 Å². The van der Waals surface area contributed by atoms with Gasteiger partial charge in [-0.05, 0) is 29.6 Å². The van der Waals surface area contributed by atoms with E-state index in [9.17, 15) is 5.11 Å². The molecule has 12 heavy (non-hydrogen) atoms. The zero-order chi connectivity index (χ0) is 9.19. The zero-order valence-corrected chi connectivity index (χ0v) is 9.15. The normalized spacial score (nSPS) is 34.2. The minimum absolute atomic E-state index is 0.224. The Morgan fingerprint density at radius 1 is 1.75 bits per heavy atom. The Bertz CT molecular complexity index is 154. The number of hydrogen-bond acceptors (Lipinski definition) is 5. The Labute approximate surface area is 84.6 Å². The number of alkyl halides is 1. The Morgan fingerprint density at radius 2 is 2.33 bits per heavy atom. The third kappa shape index (κ3) is 2.79. The lowest BCUT2D eigenvalue weighted by Gasteiger charge is -2.12. The molecule has 1 heterocycles. The van der Waals surface area contributed by atoms with Crippen molar-refractivity contribution in [2.75, 3.05) is 27.3 Å². The summed E-state index contributed by atoms with van der Waals surface area (Å²) in [5.41, 5.74) is 0. The van der Waals surface area contributed by atoms with Crippen LogP contribution in [0.5, 0.6) is 0 Å². The molecule has 0 saturated carbocycles. The van der Waals surface area contributed by atoms with Crippen molar-refractivity contribution in [2.45, 2.75) is 10.0 Å². The summed E-state index contributed by atoms with van der Waals surface area (Å²) in [6.45, 7) is 1.11. The van der Waals surface area contributed by atoms with Crippen molar-refractivity contribution in [1.29, 1.82) is 0 Å². The highest BCUT2D eigenvalue weighted by molar-refractivity contribution is 14.1. The molecule has 1 aliphatic rings. The maximum atomic E-state index is 9.27. The van der Waals surface area contributed by atoms with Crippen molar-refractivity contribution in [2.24, 2.45) is 0 Å². The quantitative estimate of drug-likeness (QED) is 0.192. The zero-order valence-electron chi connectivity index (χ0n) is 6.99. The molecule has 1 rings (SSSR count). The lowest BCUT2D eigenvalue weighted by atomic mass is 10.5. The van der Waals surface area contributed by atoms with Crippen molar-refractivity contribution in [1.82, 2.24) is 4.90 Å². The van der Waals surface area contributed by atoms with Crippen molar-refractivity contribution in [3.8, 4) is 0 Å². The van der Waals surface area contributed by atoms with Crippen molar-refractivity contribution in [3.63, 3.8) is 0 Å². The fraction of sp³-hybridized carbons (Fsp3) is 1.00. The summed E-state index contributed by atoms with van der Waals surface area (Å²) in [6.07, 6.45) is -0.224. The summed E-state index contributed by atoms with van der Waals surface area (Å²) in [7, 11) is 3.31. The van der Waals surface area contributed by atoms with E-state index in [2.05, 4.69) is 9.78 Å². The van der Waals surface area contributed by atoms with E-state index in [1.807, 2.05) is 34.5 Å². The molecule has 0 amide bonds. The topological polar surface area (TPSA) is 54.5 Å². The number of ether oxygens (including phenoxy) is 1. The van der Waals surface area contributed by atoms with E-state index in [0.29, 0.717) is 13.2 Å². The molecule has 0 bridgehead atoms. The summed E-state index contributed by atoms with van der Waals surface area (Å²) in [5, 5.41) is 9.27. The highest BCUT2D eigenvalue weighted by Gasteiger charge is 2.55. The van der Waals surface area contributed by atoms with Crippen LogP contribution in [0.4, 0.5) is 0 Å². The molecular weight excluding hydrogens is 277 g/mol. The molecule has 1 aliphatic heterocycles. The first kappa shape index (κ1) is 10.6. The van der Waals surface area contributed by atoms with Gasteiger partial charge in [0.25, 0.3) is 3.79 Å². The Balaban J connectivity index is 2.09. The van der Waals surface area contributed by atoms with Crippen LogP contribution in [0.2, 0.25) is 0 Å². The lowest BCUT2D eigenvalue weighted by Crippen LogP contribution is -2.29. The molecule has 2 atom stereocenters. The molecule has 1 fully saturated rings. The first-order valence-corrected chi connectivity index (χ1v) is 4.61. The molecule has 0 radical (unpaired) electrons. The van der Waals surface area contributed by atoms with Gasteiger partial charge in [0.1, 0.15) is 0 Å². The minimum atomic E-state index is -1.01. The first-order valence-electron chi connectivity index (χ1n) is 3.53. The van der Waals surface area contributed by atoms with Gasteiger partial charge in [0.2, 0.25) is 0 Å². The van der Waals surface area contributed by atoms with Gasteiger partial charge in [-0.2, -0.15) is 0 Å². The van der Waals surface area contributed by atoms with Crippen molar-refractivity contribution < 1.29 is 19.6 Å². The van der Waals surface area contributed by atoms with Gasteiger partial charge >= 0.3 is 0 Å². The summed E-state index contributed by atoms with van der Waals surface area (Å²) in [5.74, 6) is 0. The van der Waals surface area contributed by atoms with Crippen LogP contribution in [0.1, 0.15) is 0 Å². The molecule has 1 N–H and O–H groups in total. The lowest BCUT2D eigenvalue weighted by molar-refractivity contribution is -0.273. The van der Waals surface area contributed by atoms with Crippen molar-refractivity contribution in [3.05, 3.63) is 0 Å². The van der Waals surface area contributed by atoms with Crippen molar-refractivity contribution >= 4 is 22.6 Å². The van der Waals surface area contributed by atoms with Gasteiger partial charge < -0.3 is 9.84 Å². The molecule has 0 aliphatic carbocycles. The summed E-state index contributed by atoms with van der Waals surface area (Å²) < 4.78 is 3.95. The summed E-state index contributed by atoms with van der Waals surface area (Å²) >= 11 is 1.85. The number of likely N-dealkylation sites (N-methyl/N-ethyl adjacent to an activating group) is 1. The maximum absolute atomic E-state index is 9.27. The molecule has 0 aromatic rings. The number of aliphatic hydroxyl groups is 1. The third-order valence-electron chi connectivity index (χ3n) is 1.57. The molecule has 6 heteroatoms. The van der Waals surface area contributed by atoms with E-state index in [0.717, 1.165) is 0 Å². The molecule has 72 valence electrons. The Kier molecular flexibility index (Phi) is 3.68. The van der Waals surface area contributed by atoms with Crippen LogP contribution in [0.15, 0.2) is 0 Å². The fourth-order valence-electron chi connectivity index (χ4n) is 0.866. The predicted octanol–water partition coefficient (Wildman–Crippen LogP) is -0.0664. The Morgan fingerprint density at radius 3 is 2.75 bits per heavy atom. The van der Waals surface area contributed by atoms with E-state index < -0.39 is 3.79 Å². The number of halogens is 1. The van der Waals surface area contributed by atoms with Crippen LogP contribution >= 0.6 is 22.6 Å². The predicted molar refractivity (Wildman–Crippen MR) is 49.4 cm³/mol. The summed E-state index contributed by atoms with van der Waals surface area (Å²) in [4.78, 5) is 10.9. The minimum Gasteiger partial charge on any atom is -0.354 e. The standard InChI is InChI=1S/C6H12INO4/c1-8(3-4-11-10-2)5-6(7,9)12-5/h5,9H,3-4H2,1-2H3. The van der Waals surface area contributed by atoms with Crippen LogP contribution < -0.4 is 0 Å². The van der Waals surface area contributed by atoms with Crippen LogP contribution in [0.3, 0.4) is 0 Å². The highest BCUT2D eigenvalue weighted by Crippen LogP contribution is 2.41. The SMILES string of the molecule is COOCCN(C)C1OC1(O)I. The molecule has 1 saturated heterocycles. The number of hydrogen-bond donors (Lipinski definition) is 1. The monoisotopic (exact) mass is 289 g/mol. The first-order chi connectivity index (χ1) is 5.58. The average molecular weight is 289 g/mol. The van der Waals surface area contributed by atoms with Gasteiger partial charge in [-0.3, -0.25) is 4.90 Å². The molecular formula is C6H12INO4. The van der Waals surface area contributed by atoms with Gasteiger partial charge in [-0.25, -0.2) is 9.78 Å². The molecule has 0 aromatic heterocycles. The van der Waals surface area contributed by atoms with Crippen LogP contribution in [-0.2, 0) is 14.5 Å². The second kappa shape index (κ2) is 4.16. The second-order valence-corrected chi connectivity index (χ2v) is 4.09. The molecule has 2 unspecified atom stereocenters. The van der Waals surface area contributed by atoms with Gasteiger partial charge in [-0.1, -0.05) is 0 Å². The van der Waals surface area contributed by atoms with E-state index in [1.165, 1.54) is 7.11 Å². The van der Waals surface area contributed by atoms with Crippen LogP contribution in [0.25, 0.3) is 0 Å². The smallest absolute Gasteiger partial charge is 0.262 e. The second-order valence-electron chi connectivity index (χ2n) is 2.55. The highest BCUT2D eigenvalue weighted by atomic mass is 127. The van der Waals surface area contributed by atoms with Gasteiger partial charge in [0.15, 0.2) is 6.23 Å².